The molecular formula is C12H14OS. The van der Waals surface area contributed by atoms with E-state index in [0.29, 0.717) is 0 Å². The summed E-state index contributed by atoms with van der Waals surface area (Å²) in [5.74, 6) is 1.03. The predicted octanol–water partition coefficient (Wildman–Crippen LogP) is 3.92. The molecule has 1 aromatic heterocycles. The van der Waals surface area contributed by atoms with Crippen LogP contribution in [0.1, 0.15) is 18.1 Å². The van der Waals surface area contributed by atoms with E-state index in [0.717, 1.165) is 12.4 Å². The second-order valence-electron chi connectivity index (χ2n) is 3.49. The molecule has 0 aliphatic heterocycles. The van der Waals surface area contributed by atoms with Gasteiger partial charge in [-0.25, -0.2) is 0 Å². The monoisotopic (exact) mass is 206 g/mol. The molecule has 0 saturated carbocycles. The molecule has 0 bridgehead atoms. The van der Waals surface area contributed by atoms with Gasteiger partial charge >= 0.3 is 0 Å². The maximum atomic E-state index is 5.65. The van der Waals surface area contributed by atoms with E-state index < -0.39 is 0 Å². The quantitative estimate of drug-likeness (QED) is 0.723. The third kappa shape index (κ3) is 1.50. The van der Waals surface area contributed by atoms with E-state index in [1.165, 1.54) is 21.2 Å². The fourth-order valence-corrected chi connectivity index (χ4v) is 2.74. The van der Waals surface area contributed by atoms with Crippen molar-refractivity contribution in [3.63, 3.8) is 0 Å². The van der Waals surface area contributed by atoms with Crippen molar-refractivity contribution in [2.24, 2.45) is 0 Å². The average molecular weight is 206 g/mol. The van der Waals surface area contributed by atoms with Gasteiger partial charge in [0.05, 0.1) is 6.61 Å². The Kier molecular flexibility index (Phi) is 2.46. The Balaban J connectivity index is 2.70. The Morgan fingerprint density at radius 1 is 1.29 bits per heavy atom. The molecule has 74 valence electrons. The number of fused-ring (bicyclic) bond motifs is 1. The third-order valence-corrected chi connectivity index (χ3v) is 3.31. The van der Waals surface area contributed by atoms with Gasteiger partial charge in [0, 0.05) is 10.1 Å². The van der Waals surface area contributed by atoms with Crippen molar-refractivity contribution < 1.29 is 4.74 Å². The molecule has 1 nitrogen and oxygen atoms in total. The molecule has 1 aromatic carbocycles. The highest BCUT2D eigenvalue weighted by molar-refractivity contribution is 7.17. The number of rotatable bonds is 2. The van der Waals surface area contributed by atoms with Crippen LogP contribution in [0.25, 0.3) is 10.1 Å². The zero-order valence-electron chi connectivity index (χ0n) is 8.76. The highest BCUT2D eigenvalue weighted by Gasteiger charge is 2.07. The fourth-order valence-electron chi connectivity index (χ4n) is 1.68. The molecule has 0 aliphatic rings. The average Bonchev–Trinajstić information content (AvgIpc) is 2.48. The first kappa shape index (κ1) is 9.53. The first-order valence-electron chi connectivity index (χ1n) is 4.83. The Labute approximate surface area is 88.3 Å². The van der Waals surface area contributed by atoms with Crippen molar-refractivity contribution in [1.82, 2.24) is 0 Å². The summed E-state index contributed by atoms with van der Waals surface area (Å²) >= 11 is 1.79. The maximum absolute atomic E-state index is 5.65. The second kappa shape index (κ2) is 3.62. The summed E-state index contributed by atoms with van der Waals surface area (Å²) < 4.78 is 6.97. The maximum Gasteiger partial charge on any atom is 0.128 e. The Morgan fingerprint density at radius 3 is 2.79 bits per heavy atom. The van der Waals surface area contributed by atoms with E-state index in [-0.39, 0.29) is 0 Å². The Bertz CT molecular complexity index is 457. The minimum atomic E-state index is 0.730. The molecule has 0 spiro atoms. The van der Waals surface area contributed by atoms with Crippen LogP contribution >= 0.6 is 11.3 Å². The highest BCUT2D eigenvalue weighted by Crippen LogP contribution is 2.34. The largest absolute Gasteiger partial charge is 0.493 e. The van der Waals surface area contributed by atoms with E-state index in [9.17, 15) is 0 Å². The fraction of sp³-hybridized carbons (Fsp3) is 0.333. The van der Waals surface area contributed by atoms with Crippen LogP contribution in [0.4, 0.5) is 0 Å². The molecule has 2 heteroatoms. The van der Waals surface area contributed by atoms with Gasteiger partial charge < -0.3 is 4.74 Å². The smallest absolute Gasteiger partial charge is 0.128 e. The summed E-state index contributed by atoms with van der Waals surface area (Å²) in [6, 6.07) is 4.33. The molecule has 0 N–H and O–H groups in total. The zero-order valence-corrected chi connectivity index (χ0v) is 9.57. The first-order valence-corrected chi connectivity index (χ1v) is 5.71. The summed E-state index contributed by atoms with van der Waals surface area (Å²) in [5.41, 5.74) is 2.58. The Morgan fingerprint density at radius 2 is 2.07 bits per heavy atom. The van der Waals surface area contributed by atoms with Gasteiger partial charge in [-0.3, -0.25) is 0 Å². The van der Waals surface area contributed by atoms with Crippen LogP contribution in [0.15, 0.2) is 17.5 Å². The van der Waals surface area contributed by atoms with Crippen LogP contribution in [-0.4, -0.2) is 6.61 Å². The number of aryl methyl sites for hydroxylation is 2. The van der Waals surface area contributed by atoms with Crippen LogP contribution in [0, 0.1) is 13.8 Å². The van der Waals surface area contributed by atoms with Crippen LogP contribution in [0.5, 0.6) is 5.75 Å². The lowest BCUT2D eigenvalue weighted by atomic mass is 10.1. The number of ether oxygens (including phenoxy) is 1. The lowest BCUT2D eigenvalue weighted by Gasteiger charge is -2.06. The summed E-state index contributed by atoms with van der Waals surface area (Å²) in [6.07, 6.45) is 0. The third-order valence-electron chi connectivity index (χ3n) is 2.27. The lowest BCUT2D eigenvalue weighted by Crippen LogP contribution is -1.92. The van der Waals surface area contributed by atoms with Crippen LogP contribution in [-0.2, 0) is 0 Å². The molecule has 0 unspecified atom stereocenters. The number of thiophene rings is 1. The molecule has 2 aromatic rings. The standard InChI is InChI=1S/C12H14OS/c1-4-13-10-5-8(2)6-11-12(10)9(3)7-14-11/h5-7H,4H2,1-3H3. The van der Waals surface area contributed by atoms with Crippen molar-refractivity contribution >= 4 is 21.4 Å². The van der Waals surface area contributed by atoms with Crippen molar-refractivity contribution in [2.45, 2.75) is 20.8 Å². The number of hydrogen-bond acceptors (Lipinski definition) is 2. The highest BCUT2D eigenvalue weighted by atomic mass is 32.1. The number of benzene rings is 1. The number of hydrogen-bond donors (Lipinski definition) is 0. The van der Waals surface area contributed by atoms with Crippen LogP contribution < -0.4 is 4.74 Å². The van der Waals surface area contributed by atoms with Crippen molar-refractivity contribution in [1.29, 1.82) is 0 Å². The summed E-state index contributed by atoms with van der Waals surface area (Å²) in [4.78, 5) is 0. The summed E-state index contributed by atoms with van der Waals surface area (Å²) in [7, 11) is 0. The van der Waals surface area contributed by atoms with E-state index in [1.54, 1.807) is 11.3 Å². The van der Waals surface area contributed by atoms with Crippen molar-refractivity contribution in [2.75, 3.05) is 6.61 Å². The molecule has 0 amide bonds. The van der Waals surface area contributed by atoms with Crippen LogP contribution in [0.3, 0.4) is 0 Å². The molecule has 0 aliphatic carbocycles. The molecular weight excluding hydrogens is 192 g/mol. The SMILES string of the molecule is CCOc1cc(C)cc2scc(C)c12. The molecule has 1 heterocycles. The van der Waals surface area contributed by atoms with Gasteiger partial charge in [-0.15, -0.1) is 11.3 Å². The second-order valence-corrected chi connectivity index (χ2v) is 4.40. The molecule has 0 fully saturated rings. The van der Waals surface area contributed by atoms with E-state index in [4.69, 9.17) is 4.74 Å². The molecule has 0 saturated heterocycles. The normalized spacial score (nSPS) is 10.8. The van der Waals surface area contributed by atoms with Gasteiger partial charge in [0.15, 0.2) is 0 Å². The van der Waals surface area contributed by atoms with Gasteiger partial charge in [-0.05, 0) is 49.4 Å². The summed E-state index contributed by atoms with van der Waals surface area (Å²) in [5, 5.41) is 3.47. The molecule has 0 atom stereocenters. The van der Waals surface area contributed by atoms with E-state index in [1.807, 2.05) is 6.92 Å². The zero-order chi connectivity index (χ0) is 10.1. The Hall–Kier alpha value is -1.02. The first-order chi connectivity index (χ1) is 6.72. The van der Waals surface area contributed by atoms with Crippen molar-refractivity contribution in [3.8, 4) is 5.75 Å². The van der Waals surface area contributed by atoms with E-state index >= 15 is 0 Å². The minimum absolute atomic E-state index is 0.730. The summed E-state index contributed by atoms with van der Waals surface area (Å²) in [6.45, 7) is 7.00. The van der Waals surface area contributed by atoms with Gasteiger partial charge in [0.1, 0.15) is 5.75 Å². The van der Waals surface area contributed by atoms with Gasteiger partial charge in [0.2, 0.25) is 0 Å². The topological polar surface area (TPSA) is 9.23 Å². The minimum Gasteiger partial charge on any atom is -0.493 e. The van der Waals surface area contributed by atoms with Crippen molar-refractivity contribution in [3.05, 3.63) is 28.6 Å². The predicted molar refractivity (Wildman–Crippen MR) is 62.5 cm³/mol. The van der Waals surface area contributed by atoms with Crippen LogP contribution in [0.2, 0.25) is 0 Å². The molecule has 14 heavy (non-hydrogen) atoms. The van der Waals surface area contributed by atoms with Gasteiger partial charge in [0.25, 0.3) is 0 Å². The molecule has 0 radical (unpaired) electrons. The molecule has 2 rings (SSSR count). The van der Waals surface area contributed by atoms with Gasteiger partial charge in [-0.2, -0.15) is 0 Å². The lowest BCUT2D eigenvalue weighted by molar-refractivity contribution is 0.344. The van der Waals surface area contributed by atoms with E-state index in [2.05, 4.69) is 31.4 Å². The van der Waals surface area contributed by atoms with Gasteiger partial charge in [-0.1, -0.05) is 0 Å².